The number of hydrogen-bond donors (Lipinski definition) is 1. The van der Waals surface area contributed by atoms with Crippen LogP contribution in [0.25, 0.3) is 11.3 Å². The Morgan fingerprint density at radius 2 is 1.82 bits per heavy atom. The lowest BCUT2D eigenvalue weighted by Gasteiger charge is -2.32. The first-order valence-electron chi connectivity index (χ1n) is 13.6. The number of ketones is 1. The number of hydrogen-bond acceptors (Lipinski definition) is 6. The molecule has 40 heavy (non-hydrogen) atoms. The molecule has 1 aromatic carbocycles. The largest absolute Gasteiger partial charge is 0.381 e. The SMILES string of the molecule is C[C@@H]1C[C@H](N)C[C@H](c2ccncc2CC(=O)c2ccc(F)c(-c3c(F)cc(C4(C#N)CCOCC4)cc3F)n2)C1. The Kier molecular flexibility index (Phi) is 8.02. The molecule has 5 rings (SSSR count). The van der Waals surface area contributed by atoms with E-state index in [4.69, 9.17) is 10.5 Å². The number of benzene rings is 1. The number of halogens is 3. The number of aromatic nitrogens is 2. The molecule has 0 spiro atoms. The zero-order valence-corrected chi connectivity index (χ0v) is 22.3. The molecule has 1 aliphatic heterocycles. The van der Waals surface area contributed by atoms with Crippen molar-refractivity contribution >= 4 is 5.78 Å². The lowest BCUT2D eigenvalue weighted by atomic mass is 9.75. The molecule has 1 aliphatic carbocycles. The molecule has 208 valence electrons. The molecule has 2 fully saturated rings. The van der Waals surface area contributed by atoms with Crippen LogP contribution in [0.3, 0.4) is 0 Å². The summed E-state index contributed by atoms with van der Waals surface area (Å²) < 4.78 is 50.9. The number of rotatable bonds is 6. The van der Waals surface area contributed by atoms with Gasteiger partial charge in [-0.15, -0.1) is 0 Å². The molecule has 0 amide bonds. The Hall–Kier alpha value is -3.61. The van der Waals surface area contributed by atoms with E-state index in [9.17, 15) is 14.4 Å². The summed E-state index contributed by atoms with van der Waals surface area (Å²) >= 11 is 0. The molecule has 2 aromatic heterocycles. The van der Waals surface area contributed by atoms with Gasteiger partial charge in [0.25, 0.3) is 0 Å². The van der Waals surface area contributed by atoms with Gasteiger partial charge in [-0.25, -0.2) is 18.2 Å². The zero-order chi connectivity index (χ0) is 28.4. The predicted octanol–water partition coefficient (Wildman–Crippen LogP) is 5.79. The third-order valence-electron chi connectivity index (χ3n) is 8.23. The quantitative estimate of drug-likeness (QED) is 0.392. The minimum absolute atomic E-state index is 0.0436. The fourth-order valence-corrected chi connectivity index (χ4v) is 6.19. The standard InChI is InChI=1S/C31H31F3N4O2/c1-18-10-19(12-22(36)11-18)23-4-7-37-16-20(23)13-28(39)27-3-2-24(32)30(38-27)29-25(33)14-21(15-26(29)34)31(17-35)5-8-40-9-6-31/h2-4,7,14-16,18-19,22H,5-6,8-13,36H2,1H3/t18-,19+,22-/m0/s1. The van der Waals surface area contributed by atoms with Crippen LogP contribution in [0.1, 0.15) is 72.1 Å². The lowest BCUT2D eigenvalue weighted by Crippen LogP contribution is -2.32. The second-order valence-corrected chi connectivity index (χ2v) is 11.1. The van der Waals surface area contributed by atoms with E-state index in [0.29, 0.717) is 32.0 Å². The molecule has 2 N–H and O–H groups in total. The summed E-state index contributed by atoms with van der Waals surface area (Å²) in [5.41, 5.74) is 5.69. The fourth-order valence-electron chi connectivity index (χ4n) is 6.19. The van der Waals surface area contributed by atoms with Crippen molar-refractivity contribution in [2.24, 2.45) is 11.7 Å². The van der Waals surface area contributed by atoms with E-state index in [2.05, 4.69) is 23.0 Å². The zero-order valence-electron chi connectivity index (χ0n) is 22.3. The molecule has 1 saturated heterocycles. The highest BCUT2D eigenvalue weighted by Gasteiger charge is 2.36. The van der Waals surface area contributed by atoms with Gasteiger partial charge in [-0.3, -0.25) is 9.78 Å². The number of nitrogens with zero attached hydrogens (tertiary/aromatic N) is 3. The highest BCUT2D eigenvalue weighted by atomic mass is 19.1. The summed E-state index contributed by atoms with van der Waals surface area (Å²) in [7, 11) is 0. The van der Waals surface area contributed by atoms with Gasteiger partial charge < -0.3 is 10.5 Å². The van der Waals surface area contributed by atoms with Crippen LogP contribution in [0.5, 0.6) is 0 Å². The number of nitriles is 1. The molecular formula is C31H31F3N4O2. The van der Waals surface area contributed by atoms with E-state index in [-0.39, 0.29) is 29.6 Å². The minimum atomic E-state index is -1.09. The van der Waals surface area contributed by atoms with Crippen molar-refractivity contribution in [2.75, 3.05) is 13.2 Å². The monoisotopic (exact) mass is 548 g/mol. The van der Waals surface area contributed by atoms with Gasteiger partial charge in [0.05, 0.1) is 17.0 Å². The predicted molar refractivity (Wildman–Crippen MR) is 143 cm³/mol. The normalized spacial score (nSPS) is 22.4. The van der Waals surface area contributed by atoms with Crippen molar-refractivity contribution in [3.63, 3.8) is 0 Å². The van der Waals surface area contributed by atoms with Gasteiger partial charge in [-0.2, -0.15) is 5.26 Å². The second kappa shape index (κ2) is 11.5. The summed E-state index contributed by atoms with van der Waals surface area (Å²) in [6.07, 6.45) is 6.59. The van der Waals surface area contributed by atoms with Crippen molar-refractivity contribution in [3.8, 4) is 17.3 Å². The van der Waals surface area contributed by atoms with Crippen LogP contribution in [-0.2, 0) is 16.6 Å². The van der Waals surface area contributed by atoms with Crippen molar-refractivity contribution in [3.05, 3.63) is 82.6 Å². The molecule has 2 aliphatic rings. The van der Waals surface area contributed by atoms with E-state index in [0.717, 1.165) is 48.6 Å². The van der Waals surface area contributed by atoms with Crippen LogP contribution in [0.2, 0.25) is 0 Å². The third-order valence-corrected chi connectivity index (χ3v) is 8.23. The first kappa shape index (κ1) is 27.9. The number of carbonyl (C=O) groups excluding carboxylic acids is 1. The Morgan fingerprint density at radius 1 is 1.10 bits per heavy atom. The van der Waals surface area contributed by atoms with Gasteiger partial charge in [0.1, 0.15) is 28.8 Å². The number of nitrogens with two attached hydrogens (primary N) is 1. The molecule has 0 unspecified atom stereocenters. The molecular weight excluding hydrogens is 517 g/mol. The Balaban J connectivity index is 1.44. The molecule has 3 aromatic rings. The van der Waals surface area contributed by atoms with Crippen molar-refractivity contribution in [2.45, 2.75) is 62.8 Å². The second-order valence-electron chi connectivity index (χ2n) is 11.1. The van der Waals surface area contributed by atoms with E-state index in [1.165, 1.54) is 6.07 Å². The summed E-state index contributed by atoms with van der Waals surface area (Å²) in [6.45, 7) is 2.75. The molecule has 3 atom stereocenters. The van der Waals surface area contributed by atoms with Gasteiger partial charge >= 0.3 is 0 Å². The van der Waals surface area contributed by atoms with Gasteiger partial charge in [-0.05, 0) is 91.0 Å². The first-order valence-corrected chi connectivity index (χ1v) is 13.6. The Morgan fingerprint density at radius 3 is 2.50 bits per heavy atom. The van der Waals surface area contributed by atoms with Crippen LogP contribution < -0.4 is 5.73 Å². The Labute approximate surface area is 231 Å². The number of Topliss-reactive ketones (excluding diaryl/α,β-unsaturated/α-hetero) is 1. The van der Waals surface area contributed by atoms with E-state index < -0.39 is 39.9 Å². The third kappa shape index (κ3) is 5.51. The molecule has 9 heteroatoms. The molecule has 0 bridgehead atoms. The van der Waals surface area contributed by atoms with Crippen LogP contribution in [-0.4, -0.2) is 35.0 Å². The minimum Gasteiger partial charge on any atom is -0.381 e. The molecule has 1 saturated carbocycles. The van der Waals surface area contributed by atoms with Gasteiger partial charge in [0, 0.05) is 38.1 Å². The number of pyridine rings is 2. The average molecular weight is 549 g/mol. The topological polar surface area (TPSA) is 102 Å². The van der Waals surface area contributed by atoms with Crippen LogP contribution in [0.4, 0.5) is 13.2 Å². The average Bonchev–Trinajstić information content (AvgIpc) is 2.93. The lowest BCUT2D eigenvalue weighted by molar-refractivity contribution is 0.0673. The smallest absolute Gasteiger partial charge is 0.185 e. The highest BCUT2D eigenvalue weighted by molar-refractivity contribution is 5.96. The molecule has 3 heterocycles. The maximum Gasteiger partial charge on any atom is 0.185 e. The van der Waals surface area contributed by atoms with Gasteiger partial charge in [0.2, 0.25) is 0 Å². The highest BCUT2D eigenvalue weighted by Crippen LogP contribution is 2.39. The Bertz CT molecular complexity index is 1430. The molecule has 6 nitrogen and oxygen atoms in total. The molecule has 0 radical (unpaired) electrons. The summed E-state index contributed by atoms with van der Waals surface area (Å²) in [5, 5.41) is 9.78. The fraction of sp³-hybridized carbons (Fsp3) is 0.419. The number of carbonyl (C=O) groups is 1. The van der Waals surface area contributed by atoms with E-state index >= 15 is 8.78 Å². The first-order chi connectivity index (χ1) is 19.2. The van der Waals surface area contributed by atoms with Gasteiger partial charge in [0.15, 0.2) is 5.78 Å². The van der Waals surface area contributed by atoms with Crippen molar-refractivity contribution in [1.29, 1.82) is 5.26 Å². The van der Waals surface area contributed by atoms with E-state index in [1.807, 2.05) is 6.07 Å². The van der Waals surface area contributed by atoms with Crippen LogP contribution in [0.15, 0.2) is 42.7 Å². The van der Waals surface area contributed by atoms with Gasteiger partial charge in [-0.1, -0.05) is 6.92 Å². The number of ether oxygens (including phenoxy) is 1. The van der Waals surface area contributed by atoms with Crippen LogP contribution >= 0.6 is 0 Å². The summed E-state index contributed by atoms with van der Waals surface area (Å²) in [6, 6.07) is 8.48. The van der Waals surface area contributed by atoms with E-state index in [1.54, 1.807) is 12.4 Å². The van der Waals surface area contributed by atoms with Crippen LogP contribution in [0, 0.1) is 34.7 Å². The summed E-state index contributed by atoms with van der Waals surface area (Å²) in [5.74, 6) is -2.84. The van der Waals surface area contributed by atoms with Crippen molar-refractivity contribution in [1.82, 2.24) is 9.97 Å². The summed E-state index contributed by atoms with van der Waals surface area (Å²) in [4.78, 5) is 21.6. The van der Waals surface area contributed by atoms with Crippen molar-refractivity contribution < 1.29 is 22.7 Å². The maximum atomic E-state index is 15.3. The maximum absolute atomic E-state index is 15.3.